The number of rotatable bonds is 9. The van der Waals surface area contributed by atoms with E-state index in [1.807, 2.05) is 26.0 Å². The third-order valence-electron chi connectivity index (χ3n) is 3.31. The van der Waals surface area contributed by atoms with Crippen LogP contribution in [0.1, 0.15) is 51.5 Å². The van der Waals surface area contributed by atoms with Crippen molar-refractivity contribution in [3.63, 3.8) is 0 Å². The van der Waals surface area contributed by atoms with Gasteiger partial charge in [-0.1, -0.05) is 32.4 Å². The van der Waals surface area contributed by atoms with Gasteiger partial charge in [0.1, 0.15) is 5.75 Å². The molecule has 0 aromatic heterocycles. The van der Waals surface area contributed by atoms with Crippen LogP contribution in [0.15, 0.2) is 24.3 Å². The molecule has 0 bridgehead atoms. The lowest BCUT2D eigenvalue weighted by Crippen LogP contribution is -2.28. The smallest absolute Gasteiger partial charge is 0.119 e. The predicted octanol–water partition coefficient (Wildman–Crippen LogP) is 4.88. The zero-order chi connectivity index (χ0) is 15.0. The van der Waals surface area contributed by atoms with Gasteiger partial charge in [0.25, 0.3) is 0 Å². The second kappa shape index (κ2) is 9.25. The molecule has 1 unspecified atom stereocenters. The number of hydrogen-bond donors (Lipinski definition) is 0. The summed E-state index contributed by atoms with van der Waals surface area (Å²) in [6, 6.07) is 8.16. The van der Waals surface area contributed by atoms with Gasteiger partial charge < -0.3 is 9.64 Å². The molecule has 0 aliphatic carbocycles. The normalized spacial score (nSPS) is 12.9. The highest BCUT2D eigenvalue weighted by Crippen LogP contribution is 2.24. The van der Waals surface area contributed by atoms with Gasteiger partial charge in [0, 0.05) is 6.54 Å². The van der Waals surface area contributed by atoms with Gasteiger partial charge in [-0.15, -0.1) is 11.6 Å². The fourth-order valence-electron chi connectivity index (χ4n) is 2.12. The van der Waals surface area contributed by atoms with Crippen molar-refractivity contribution in [2.24, 2.45) is 0 Å². The molecule has 3 heteroatoms. The van der Waals surface area contributed by atoms with E-state index >= 15 is 0 Å². The molecule has 1 aromatic carbocycles. The maximum Gasteiger partial charge on any atom is 0.119 e. The molecule has 0 aliphatic heterocycles. The molecule has 0 saturated heterocycles. The molecule has 0 radical (unpaired) electrons. The van der Waals surface area contributed by atoms with Crippen molar-refractivity contribution in [1.82, 2.24) is 4.90 Å². The number of unbranched alkanes of at least 4 members (excludes halogenated alkanes) is 1. The van der Waals surface area contributed by atoms with Crippen molar-refractivity contribution in [1.29, 1.82) is 0 Å². The average Bonchev–Trinajstić information content (AvgIpc) is 2.43. The van der Waals surface area contributed by atoms with E-state index in [0.717, 1.165) is 30.9 Å². The average molecular weight is 298 g/mol. The van der Waals surface area contributed by atoms with Crippen molar-refractivity contribution in [3.05, 3.63) is 29.8 Å². The van der Waals surface area contributed by atoms with Gasteiger partial charge in [0.2, 0.25) is 0 Å². The molecular formula is C17H28ClNO. The summed E-state index contributed by atoms with van der Waals surface area (Å²) in [5.41, 5.74) is 1.16. The summed E-state index contributed by atoms with van der Waals surface area (Å²) in [6.07, 6.45) is 2.67. The third kappa shape index (κ3) is 6.15. The highest BCUT2D eigenvalue weighted by atomic mass is 35.5. The van der Waals surface area contributed by atoms with Crippen LogP contribution in [0.2, 0.25) is 0 Å². The van der Waals surface area contributed by atoms with Crippen LogP contribution in [-0.2, 0) is 0 Å². The highest BCUT2D eigenvalue weighted by molar-refractivity contribution is 6.21. The van der Waals surface area contributed by atoms with Crippen LogP contribution in [0.3, 0.4) is 0 Å². The molecule has 1 aromatic rings. The van der Waals surface area contributed by atoms with Crippen LogP contribution < -0.4 is 4.74 Å². The number of likely N-dealkylation sites (N-methyl/N-ethyl adjacent to an activating group) is 1. The summed E-state index contributed by atoms with van der Waals surface area (Å²) < 4.78 is 5.65. The number of ether oxygens (including phenoxy) is 1. The minimum atomic E-state index is 0.0416. The predicted molar refractivity (Wildman–Crippen MR) is 87.8 cm³/mol. The Hall–Kier alpha value is -0.730. The van der Waals surface area contributed by atoms with Gasteiger partial charge in [-0.05, 0) is 51.1 Å². The Morgan fingerprint density at radius 2 is 1.80 bits per heavy atom. The summed E-state index contributed by atoms with van der Waals surface area (Å²) >= 11 is 6.53. The maximum absolute atomic E-state index is 6.53. The molecule has 2 nitrogen and oxygen atoms in total. The quantitative estimate of drug-likeness (QED) is 0.603. The zero-order valence-electron chi connectivity index (χ0n) is 13.2. The number of alkyl halides is 1. The lowest BCUT2D eigenvalue weighted by atomic mass is 10.1. The highest BCUT2D eigenvalue weighted by Gasteiger charge is 2.12. The van der Waals surface area contributed by atoms with Crippen LogP contribution in [0, 0.1) is 0 Å². The summed E-state index contributed by atoms with van der Waals surface area (Å²) in [7, 11) is 0. The number of benzene rings is 1. The van der Waals surface area contributed by atoms with Crippen molar-refractivity contribution in [2.45, 2.75) is 52.0 Å². The molecule has 0 N–H and O–H groups in total. The van der Waals surface area contributed by atoms with E-state index in [1.54, 1.807) is 0 Å². The van der Waals surface area contributed by atoms with Crippen LogP contribution in [0.4, 0.5) is 0 Å². The first-order chi connectivity index (χ1) is 9.56. The van der Waals surface area contributed by atoms with E-state index in [0.29, 0.717) is 0 Å². The minimum absolute atomic E-state index is 0.0416. The van der Waals surface area contributed by atoms with Gasteiger partial charge in [-0.25, -0.2) is 0 Å². The standard InChI is InChI=1S/C17H28ClNO/c1-5-7-12-19(6-2)13-17(18)15-8-10-16(11-9-15)20-14(3)4/h8-11,14,17H,5-7,12-13H2,1-4H3. The van der Waals surface area contributed by atoms with Crippen molar-refractivity contribution in [3.8, 4) is 5.75 Å². The second-order valence-electron chi connectivity index (χ2n) is 5.45. The Labute approximate surface area is 129 Å². The monoisotopic (exact) mass is 297 g/mol. The first-order valence-electron chi connectivity index (χ1n) is 7.69. The first-order valence-corrected chi connectivity index (χ1v) is 8.13. The summed E-state index contributed by atoms with van der Waals surface area (Å²) in [5.74, 6) is 0.908. The number of nitrogens with zero attached hydrogens (tertiary/aromatic N) is 1. The van der Waals surface area contributed by atoms with E-state index < -0.39 is 0 Å². The molecule has 0 spiro atoms. The largest absolute Gasteiger partial charge is 0.491 e. The van der Waals surface area contributed by atoms with E-state index in [-0.39, 0.29) is 11.5 Å². The van der Waals surface area contributed by atoms with Gasteiger partial charge >= 0.3 is 0 Å². The molecule has 20 heavy (non-hydrogen) atoms. The van der Waals surface area contributed by atoms with Gasteiger partial charge in [0.05, 0.1) is 11.5 Å². The lowest BCUT2D eigenvalue weighted by molar-refractivity contribution is 0.242. The Morgan fingerprint density at radius 1 is 1.15 bits per heavy atom. The number of halogens is 1. The van der Waals surface area contributed by atoms with Crippen LogP contribution in [0.25, 0.3) is 0 Å². The fraction of sp³-hybridized carbons (Fsp3) is 0.647. The summed E-state index contributed by atoms with van der Waals surface area (Å²) in [6.45, 7) is 11.6. The SMILES string of the molecule is CCCCN(CC)CC(Cl)c1ccc(OC(C)C)cc1. The Morgan fingerprint density at radius 3 is 2.30 bits per heavy atom. The molecule has 0 saturated carbocycles. The van der Waals surface area contributed by atoms with E-state index in [2.05, 4.69) is 30.9 Å². The zero-order valence-corrected chi connectivity index (χ0v) is 14.0. The maximum atomic E-state index is 6.53. The molecule has 0 fully saturated rings. The van der Waals surface area contributed by atoms with E-state index in [4.69, 9.17) is 16.3 Å². The van der Waals surface area contributed by atoms with Gasteiger partial charge in [0.15, 0.2) is 0 Å². The topological polar surface area (TPSA) is 12.5 Å². The fourth-order valence-corrected chi connectivity index (χ4v) is 2.46. The third-order valence-corrected chi connectivity index (χ3v) is 3.70. The molecule has 0 amide bonds. The van der Waals surface area contributed by atoms with Crippen LogP contribution in [0.5, 0.6) is 5.75 Å². The van der Waals surface area contributed by atoms with E-state index in [1.165, 1.54) is 12.8 Å². The molecule has 0 heterocycles. The Bertz CT molecular complexity index is 364. The molecule has 0 aliphatic rings. The molecular weight excluding hydrogens is 270 g/mol. The second-order valence-corrected chi connectivity index (χ2v) is 5.98. The lowest BCUT2D eigenvalue weighted by Gasteiger charge is -2.23. The van der Waals surface area contributed by atoms with E-state index in [9.17, 15) is 0 Å². The summed E-state index contributed by atoms with van der Waals surface area (Å²) in [5, 5.41) is 0.0416. The van der Waals surface area contributed by atoms with Crippen molar-refractivity contribution >= 4 is 11.6 Å². The summed E-state index contributed by atoms with van der Waals surface area (Å²) in [4.78, 5) is 2.42. The van der Waals surface area contributed by atoms with Crippen LogP contribution >= 0.6 is 11.6 Å². The Kier molecular flexibility index (Phi) is 8.01. The molecule has 1 atom stereocenters. The Balaban J connectivity index is 2.55. The first kappa shape index (κ1) is 17.3. The van der Waals surface area contributed by atoms with Gasteiger partial charge in [-0.3, -0.25) is 0 Å². The van der Waals surface area contributed by atoms with Gasteiger partial charge in [-0.2, -0.15) is 0 Å². The molecule has 1 rings (SSSR count). The van der Waals surface area contributed by atoms with Crippen LogP contribution in [-0.4, -0.2) is 30.6 Å². The minimum Gasteiger partial charge on any atom is -0.491 e. The van der Waals surface area contributed by atoms with Crippen molar-refractivity contribution < 1.29 is 4.74 Å². The molecule has 114 valence electrons. The van der Waals surface area contributed by atoms with Crippen molar-refractivity contribution in [2.75, 3.05) is 19.6 Å². The number of hydrogen-bond acceptors (Lipinski definition) is 2.